The Morgan fingerprint density at radius 3 is 2.50 bits per heavy atom. The lowest BCUT2D eigenvalue weighted by Gasteiger charge is -2.43. The number of fused-ring (bicyclic) bond motifs is 1. The second kappa shape index (κ2) is 8.02. The summed E-state index contributed by atoms with van der Waals surface area (Å²) in [6.45, 7) is 1.03. The first-order chi connectivity index (χ1) is 13.4. The fourth-order valence-electron chi connectivity index (χ4n) is 3.77. The minimum Gasteiger partial charge on any atom is -0.385 e. The predicted octanol–water partition coefficient (Wildman–Crippen LogP) is 1.35. The highest BCUT2D eigenvalue weighted by atomic mass is 16.5. The molecule has 1 saturated heterocycles. The molecule has 2 atom stereocenters. The normalized spacial score (nSPS) is 21.7. The molecule has 1 fully saturated rings. The van der Waals surface area contributed by atoms with Crippen LogP contribution in [0.15, 0.2) is 42.1 Å². The zero-order chi connectivity index (χ0) is 20.4. The molecule has 1 aromatic rings. The number of carbonyl (C=O) groups excluding carboxylic acids is 3. The number of benzene rings is 1. The van der Waals surface area contributed by atoms with E-state index in [4.69, 9.17) is 4.74 Å². The molecule has 0 N–H and O–H groups in total. The molecule has 8 heteroatoms. The van der Waals surface area contributed by atoms with Gasteiger partial charge in [-0.15, -0.1) is 0 Å². The van der Waals surface area contributed by atoms with Gasteiger partial charge >= 0.3 is 6.03 Å². The number of amides is 4. The van der Waals surface area contributed by atoms with Gasteiger partial charge in [0.05, 0.1) is 5.92 Å². The quantitative estimate of drug-likeness (QED) is 0.690. The van der Waals surface area contributed by atoms with Gasteiger partial charge in [-0.1, -0.05) is 18.2 Å². The molecule has 2 aliphatic rings. The van der Waals surface area contributed by atoms with Crippen molar-refractivity contribution in [3.05, 3.63) is 42.1 Å². The number of carbonyl (C=O) groups is 3. The molecule has 3 rings (SSSR count). The lowest BCUT2D eigenvalue weighted by atomic mass is 10.0. The van der Waals surface area contributed by atoms with E-state index < -0.39 is 12.1 Å². The van der Waals surface area contributed by atoms with Gasteiger partial charge in [0, 0.05) is 47.1 Å². The lowest BCUT2D eigenvalue weighted by molar-refractivity contribution is -0.137. The average molecular weight is 386 g/mol. The summed E-state index contributed by atoms with van der Waals surface area (Å²) in [6.07, 6.45) is 1.86. The molecule has 0 spiro atoms. The van der Waals surface area contributed by atoms with Crippen LogP contribution in [-0.4, -0.2) is 80.1 Å². The number of methoxy groups -OCH3 is 1. The molecule has 2 aliphatic heterocycles. The molecule has 2 unspecified atom stereocenters. The monoisotopic (exact) mass is 386 g/mol. The molecule has 0 aliphatic carbocycles. The summed E-state index contributed by atoms with van der Waals surface area (Å²) >= 11 is 0. The molecule has 28 heavy (non-hydrogen) atoms. The van der Waals surface area contributed by atoms with E-state index in [-0.39, 0.29) is 17.8 Å². The molecule has 8 nitrogen and oxygen atoms in total. The van der Waals surface area contributed by atoms with Crippen molar-refractivity contribution in [1.82, 2.24) is 14.7 Å². The predicted molar refractivity (Wildman–Crippen MR) is 104 cm³/mol. The van der Waals surface area contributed by atoms with Crippen LogP contribution in [0, 0.1) is 5.92 Å². The third kappa shape index (κ3) is 3.35. The molecule has 2 heterocycles. The van der Waals surface area contributed by atoms with Crippen LogP contribution in [0.1, 0.15) is 6.42 Å². The van der Waals surface area contributed by atoms with E-state index in [1.165, 1.54) is 11.9 Å². The van der Waals surface area contributed by atoms with Crippen molar-refractivity contribution >= 4 is 23.5 Å². The molecular formula is C20H26N4O4. The third-order valence-corrected chi connectivity index (χ3v) is 5.30. The summed E-state index contributed by atoms with van der Waals surface area (Å²) in [5.41, 5.74) is 1.19. The fourth-order valence-corrected chi connectivity index (χ4v) is 3.77. The molecule has 4 amide bonds. The zero-order valence-electron chi connectivity index (χ0n) is 16.7. The van der Waals surface area contributed by atoms with Gasteiger partial charge < -0.3 is 19.4 Å². The Kier molecular flexibility index (Phi) is 5.69. The summed E-state index contributed by atoms with van der Waals surface area (Å²) in [5, 5.41) is 0. The Morgan fingerprint density at radius 2 is 1.86 bits per heavy atom. The largest absolute Gasteiger partial charge is 0.385 e. The van der Waals surface area contributed by atoms with Gasteiger partial charge in [-0.2, -0.15) is 0 Å². The standard InChI is InChI=1S/C20H26N4O4/c1-21(14-9-6-5-7-10-14)19(26)16-13-15-17(24(16)11-8-12-28-4)22(2)20(27)23(3)18(15)25/h5-7,9-10,13,15,17H,8,11-12H2,1-4H3. The first kappa shape index (κ1) is 19.9. The Morgan fingerprint density at radius 1 is 1.18 bits per heavy atom. The number of para-hydroxylation sites is 1. The van der Waals surface area contributed by atoms with Crippen molar-refractivity contribution < 1.29 is 19.1 Å². The van der Waals surface area contributed by atoms with E-state index in [9.17, 15) is 14.4 Å². The van der Waals surface area contributed by atoms with Gasteiger partial charge in [0.1, 0.15) is 11.9 Å². The van der Waals surface area contributed by atoms with Crippen LogP contribution >= 0.6 is 0 Å². The Hall–Kier alpha value is -2.87. The summed E-state index contributed by atoms with van der Waals surface area (Å²) < 4.78 is 5.14. The van der Waals surface area contributed by atoms with Crippen LogP contribution in [0.3, 0.4) is 0 Å². The van der Waals surface area contributed by atoms with Crippen molar-refractivity contribution in [2.75, 3.05) is 46.3 Å². The smallest absolute Gasteiger partial charge is 0.327 e. The van der Waals surface area contributed by atoms with Crippen LogP contribution in [0.25, 0.3) is 0 Å². The van der Waals surface area contributed by atoms with Gasteiger partial charge in [-0.3, -0.25) is 14.5 Å². The Labute approximate surface area is 164 Å². The lowest BCUT2D eigenvalue weighted by Crippen LogP contribution is -2.62. The van der Waals surface area contributed by atoms with Gasteiger partial charge in [-0.05, 0) is 24.6 Å². The maximum Gasteiger partial charge on any atom is 0.327 e. The summed E-state index contributed by atoms with van der Waals surface area (Å²) in [5.74, 6) is -1.08. The highest BCUT2D eigenvalue weighted by Crippen LogP contribution is 2.35. The number of likely N-dealkylation sites (N-methyl/N-ethyl adjacent to an activating group) is 1. The van der Waals surface area contributed by atoms with Gasteiger partial charge in [-0.25, -0.2) is 4.79 Å². The summed E-state index contributed by atoms with van der Waals surface area (Å²) in [7, 11) is 6.45. The number of ether oxygens (including phenoxy) is 1. The third-order valence-electron chi connectivity index (χ3n) is 5.30. The van der Waals surface area contributed by atoms with E-state index in [0.717, 1.165) is 10.6 Å². The minimum absolute atomic E-state index is 0.214. The first-order valence-corrected chi connectivity index (χ1v) is 9.23. The van der Waals surface area contributed by atoms with Crippen molar-refractivity contribution in [3.8, 4) is 0 Å². The number of urea groups is 1. The number of hydrogen-bond donors (Lipinski definition) is 0. The van der Waals surface area contributed by atoms with Gasteiger partial charge in [0.15, 0.2) is 0 Å². The number of rotatable bonds is 6. The van der Waals surface area contributed by atoms with Gasteiger partial charge in [0.25, 0.3) is 5.91 Å². The summed E-state index contributed by atoms with van der Waals surface area (Å²) in [6, 6.07) is 8.94. The van der Waals surface area contributed by atoms with E-state index >= 15 is 0 Å². The molecule has 1 aromatic carbocycles. The second-order valence-electron chi connectivity index (χ2n) is 7.02. The maximum absolute atomic E-state index is 13.3. The molecule has 0 bridgehead atoms. The molecule has 0 radical (unpaired) electrons. The highest BCUT2D eigenvalue weighted by molar-refractivity contribution is 6.07. The summed E-state index contributed by atoms with van der Waals surface area (Å²) in [4.78, 5) is 44.5. The first-order valence-electron chi connectivity index (χ1n) is 9.23. The molecule has 150 valence electrons. The van der Waals surface area contributed by atoms with Crippen LogP contribution in [0.2, 0.25) is 0 Å². The average Bonchev–Trinajstić information content (AvgIpc) is 3.10. The van der Waals surface area contributed by atoms with E-state index in [1.54, 1.807) is 32.2 Å². The van der Waals surface area contributed by atoms with E-state index in [0.29, 0.717) is 25.3 Å². The van der Waals surface area contributed by atoms with Crippen molar-refractivity contribution in [1.29, 1.82) is 0 Å². The highest BCUT2D eigenvalue weighted by Gasteiger charge is 2.50. The van der Waals surface area contributed by atoms with E-state index in [1.807, 2.05) is 35.2 Å². The molecular weight excluding hydrogens is 360 g/mol. The molecule has 0 saturated carbocycles. The van der Waals surface area contributed by atoms with Crippen molar-refractivity contribution in [2.24, 2.45) is 5.92 Å². The topological polar surface area (TPSA) is 73.4 Å². The second-order valence-corrected chi connectivity index (χ2v) is 7.02. The Balaban J connectivity index is 1.93. The number of hydrogen-bond acceptors (Lipinski definition) is 5. The number of anilines is 1. The van der Waals surface area contributed by atoms with Crippen LogP contribution < -0.4 is 4.90 Å². The van der Waals surface area contributed by atoms with Crippen molar-refractivity contribution in [2.45, 2.75) is 12.6 Å². The fraction of sp³-hybridized carbons (Fsp3) is 0.450. The Bertz CT molecular complexity index is 795. The van der Waals surface area contributed by atoms with Crippen LogP contribution in [0.4, 0.5) is 10.5 Å². The van der Waals surface area contributed by atoms with Gasteiger partial charge in [0.2, 0.25) is 5.91 Å². The van der Waals surface area contributed by atoms with Crippen molar-refractivity contribution in [3.63, 3.8) is 0 Å². The van der Waals surface area contributed by atoms with Crippen LogP contribution in [0.5, 0.6) is 0 Å². The zero-order valence-corrected chi connectivity index (χ0v) is 16.7. The van der Waals surface area contributed by atoms with E-state index in [2.05, 4.69) is 0 Å². The number of imide groups is 1. The molecule has 0 aromatic heterocycles. The van der Waals surface area contributed by atoms with Crippen LogP contribution in [-0.2, 0) is 14.3 Å². The maximum atomic E-state index is 13.3. The number of nitrogens with zero attached hydrogens (tertiary/aromatic N) is 4. The minimum atomic E-state index is -0.571. The SMILES string of the molecule is COCCCN1C(C(=O)N(C)c2ccccc2)=CC2C(=O)N(C)C(=O)N(C)C21.